The first-order chi connectivity index (χ1) is 8.66. The molecule has 0 aliphatic heterocycles. The maximum Gasteiger partial charge on any atom is 0.307 e. The summed E-state index contributed by atoms with van der Waals surface area (Å²) in [6.07, 6.45) is 1.74. The summed E-state index contributed by atoms with van der Waals surface area (Å²) >= 11 is 1.66. The van der Waals surface area contributed by atoms with Crippen LogP contribution in [0.4, 0.5) is 0 Å². The Morgan fingerprint density at radius 1 is 1.28 bits per heavy atom. The average Bonchev–Trinajstić information content (AvgIpc) is 2.73. The number of benzene rings is 1. The van der Waals surface area contributed by atoms with Crippen molar-refractivity contribution in [1.82, 2.24) is 0 Å². The molecule has 2 aromatic rings. The van der Waals surface area contributed by atoms with Gasteiger partial charge in [-0.25, -0.2) is 0 Å². The molecule has 0 spiro atoms. The van der Waals surface area contributed by atoms with Gasteiger partial charge in [0.1, 0.15) is 5.76 Å². The molecule has 1 N–H and O–H groups in total. The predicted molar refractivity (Wildman–Crippen MR) is 70.8 cm³/mol. The Morgan fingerprint density at radius 3 is 2.61 bits per heavy atom. The number of carboxylic acids is 1. The van der Waals surface area contributed by atoms with Crippen LogP contribution < -0.4 is 0 Å². The summed E-state index contributed by atoms with van der Waals surface area (Å²) in [4.78, 5) is 11.9. The minimum Gasteiger partial charge on any atom is -0.481 e. The molecule has 1 aromatic carbocycles. The minimum absolute atomic E-state index is 0.0705. The van der Waals surface area contributed by atoms with Crippen molar-refractivity contribution in [3.05, 3.63) is 53.5 Å². The second kappa shape index (κ2) is 5.78. The highest BCUT2D eigenvalue weighted by Crippen LogP contribution is 2.27. The molecule has 0 aliphatic rings. The van der Waals surface area contributed by atoms with Crippen LogP contribution in [0.25, 0.3) is 0 Å². The summed E-state index contributed by atoms with van der Waals surface area (Å²) in [5, 5.41) is 8.87. The number of thioether (sulfide) groups is 1. The van der Waals surface area contributed by atoms with Crippen molar-refractivity contribution in [3.63, 3.8) is 0 Å². The molecular formula is C14H14O3S. The van der Waals surface area contributed by atoms with Gasteiger partial charge in [-0.3, -0.25) is 4.79 Å². The molecular weight excluding hydrogens is 248 g/mol. The lowest BCUT2D eigenvalue weighted by Crippen LogP contribution is -2.02. The van der Waals surface area contributed by atoms with Gasteiger partial charge in [0.05, 0.1) is 12.7 Å². The average molecular weight is 262 g/mol. The monoisotopic (exact) mass is 262 g/mol. The van der Waals surface area contributed by atoms with Crippen molar-refractivity contribution in [1.29, 1.82) is 0 Å². The predicted octanol–water partition coefficient (Wildman–Crippen LogP) is 3.51. The zero-order chi connectivity index (χ0) is 13.0. The van der Waals surface area contributed by atoms with E-state index in [0.29, 0.717) is 0 Å². The van der Waals surface area contributed by atoms with Gasteiger partial charge in [0, 0.05) is 10.6 Å². The molecule has 0 bridgehead atoms. The quantitative estimate of drug-likeness (QED) is 0.838. The number of carboxylic acid groups (broad SMARTS) is 1. The number of aryl methyl sites for hydroxylation is 1. The van der Waals surface area contributed by atoms with Crippen molar-refractivity contribution in [2.45, 2.75) is 24.0 Å². The molecule has 94 valence electrons. The number of rotatable bonds is 5. The van der Waals surface area contributed by atoms with Gasteiger partial charge in [0.15, 0.2) is 0 Å². The van der Waals surface area contributed by atoms with E-state index in [-0.39, 0.29) is 6.42 Å². The zero-order valence-electron chi connectivity index (χ0n) is 10.1. The number of hydrogen-bond acceptors (Lipinski definition) is 3. The van der Waals surface area contributed by atoms with Gasteiger partial charge >= 0.3 is 5.97 Å². The summed E-state index contributed by atoms with van der Waals surface area (Å²) in [6, 6.07) is 9.58. The lowest BCUT2D eigenvalue weighted by Gasteiger charge is -2.06. The molecule has 3 nitrogen and oxygen atoms in total. The van der Waals surface area contributed by atoms with Crippen LogP contribution in [-0.4, -0.2) is 11.1 Å². The standard InChI is InChI=1S/C14H14O3S/c1-10-13(6-7-17-10)18-9-12-5-3-2-4-11(12)8-14(15)16/h2-7H,8-9H2,1H3,(H,15,16). The third-order valence-corrected chi connectivity index (χ3v) is 3.84. The molecule has 0 aliphatic carbocycles. The number of carbonyl (C=O) groups is 1. The van der Waals surface area contributed by atoms with E-state index < -0.39 is 5.97 Å². The van der Waals surface area contributed by atoms with Gasteiger partial charge in [0.25, 0.3) is 0 Å². The van der Waals surface area contributed by atoms with Gasteiger partial charge in [-0.2, -0.15) is 0 Å². The second-order valence-corrected chi connectivity index (χ2v) is 4.99. The van der Waals surface area contributed by atoms with E-state index in [2.05, 4.69) is 0 Å². The molecule has 4 heteroatoms. The fraction of sp³-hybridized carbons (Fsp3) is 0.214. The highest BCUT2D eigenvalue weighted by atomic mass is 32.2. The molecule has 0 unspecified atom stereocenters. The van der Waals surface area contributed by atoms with Gasteiger partial charge < -0.3 is 9.52 Å². The third-order valence-electron chi connectivity index (χ3n) is 2.65. The van der Waals surface area contributed by atoms with Gasteiger partial charge in [-0.1, -0.05) is 24.3 Å². The maximum absolute atomic E-state index is 10.8. The topological polar surface area (TPSA) is 50.4 Å². The number of furan rings is 1. The van der Waals surface area contributed by atoms with Crippen molar-refractivity contribution >= 4 is 17.7 Å². The van der Waals surface area contributed by atoms with Gasteiger partial charge in [-0.15, -0.1) is 11.8 Å². The van der Waals surface area contributed by atoms with E-state index in [4.69, 9.17) is 9.52 Å². The SMILES string of the molecule is Cc1occc1SCc1ccccc1CC(=O)O. The van der Waals surface area contributed by atoms with Crippen LogP contribution in [-0.2, 0) is 17.0 Å². The third kappa shape index (κ3) is 3.17. The Bertz CT molecular complexity index is 545. The summed E-state index contributed by atoms with van der Waals surface area (Å²) < 4.78 is 5.23. The first-order valence-electron chi connectivity index (χ1n) is 5.62. The lowest BCUT2D eigenvalue weighted by atomic mass is 10.1. The van der Waals surface area contributed by atoms with E-state index in [1.165, 1.54) is 0 Å². The molecule has 1 aromatic heterocycles. The van der Waals surface area contributed by atoms with Crippen LogP contribution in [0.2, 0.25) is 0 Å². The van der Waals surface area contributed by atoms with Crippen LogP contribution in [0.5, 0.6) is 0 Å². The van der Waals surface area contributed by atoms with Gasteiger partial charge in [0.2, 0.25) is 0 Å². The normalized spacial score (nSPS) is 10.5. The maximum atomic E-state index is 10.8. The molecule has 0 fully saturated rings. The van der Waals surface area contributed by atoms with Crippen molar-refractivity contribution in [3.8, 4) is 0 Å². The fourth-order valence-electron chi connectivity index (χ4n) is 1.71. The summed E-state index contributed by atoms with van der Waals surface area (Å²) in [7, 11) is 0. The van der Waals surface area contributed by atoms with Crippen LogP contribution in [0.3, 0.4) is 0 Å². The fourth-order valence-corrected chi connectivity index (χ4v) is 2.71. The lowest BCUT2D eigenvalue weighted by molar-refractivity contribution is -0.136. The molecule has 0 saturated carbocycles. The molecule has 0 saturated heterocycles. The molecule has 0 amide bonds. The highest BCUT2D eigenvalue weighted by Gasteiger charge is 2.08. The Kier molecular flexibility index (Phi) is 4.10. The second-order valence-electron chi connectivity index (χ2n) is 3.97. The van der Waals surface area contributed by atoms with E-state index in [1.54, 1.807) is 18.0 Å². The van der Waals surface area contributed by atoms with Crippen molar-refractivity contribution in [2.75, 3.05) is 0 Å². The van der Waals surface area contributed by atoms with Crippen LogP contribution in [0.15, 0.2) is 45.9 Å². The van der Waals surface area contributed by atoms with E-state index >= 15 is 0 Å². The molecule has 2 rings (SSSR count). The van der Waals surface area contributed by atoms with E-state index in [1.807, 2.05) is 37.3 Å². The molecule has 18 heavy (non-hydrogen) atoms. The Balaban J connectivity index is 2.09. The largest absolute Gasteiger partial charge is 0.481 e. The minimum atomic E-state index is -0.799. The first-order valence-corrected chi connectivity index (χ1v) is 6.61. The number of aliphatic carboxylic acids is 1. The van der Waals surface area contributed by atoms with E-state index in [0.717, 1.165) is 27.5 Å². The Hall–Kier alpha value is -1.68. The molecule has 1 heterocycles. The smallest absolute Gasteiger partial charge is 0.307 e. The molecule has 0 atom stereocenters. The van der Waals surface area contributed by atoms with Gasteiger partial charge in [-0.05, 0) is 24.1 Å². The first kappa shape index (κ1) is 12.8. The van der Waals surface area contributed by atoms with Crippen molar-refractivity contribution in [2.24, 2.45) is 0 Å². The highest BCUT2D eigenvalue weighted by molar-refractivity contribution is 7.98. The molecule has 0 radical (unpaired) electrons. The zero-order valence-corrected chi connectivity index (χ0v) is 10.9. The summed E-state index contributed by atoms with van der Waals surface area (Å²) in [6.45, 7) is 1.92. The van der Waals surface area contributed by atoms with Crippen molar-refractivity contribution < 1.29 is 14.3 Å². The summed E-state index contributed by atoms with van der Waals surface area (Å²) in [5.74, 6) is 0.853. The van der Waals surface area contributed by atoms with Crippen LogP contribution in [0, 0.1) is 6.92 Å². The van der Waals surface area contributed by atoms with E-state index in [9.17, 15) is 4.79 Å². The summed E-state index contributed by atoms with van der Waals surface area (Å²) in [5.41, 5.74) is 1.93. The van der Waals surface area contributed by atoms with Crippen LogP contribution >= 0.6 is 11.8 Å². The Labute approximate surface area is 110 Å². The van der Waals surface area contributed by atoms with Crippen LogP contribution in [0.1, 0.15) is 16.9 Å². The Morgan fingerprint density at radius 2 is 2.00 bits per heavy atom. The number of hydrogen-bond donors (Lipinski definition) is 1.